The minimum absolute atomic E-state index is 0.0755. The van der Waals surface area contributed by atoms with Crippen molar-refractivity contribution in [3.8, 4) is 22.6 Å². The van der Waals surface area contributed by atoms with Gasteiger partial charge in [-0.15, -0.1) is 0 Å². The Balaban J connectivity index is 2.50. The van der Waals surface area contributed by atoms with E-state index >= 15 is 0 Å². The molecule has 0 saturated carbocycles. The predicted molar refractivity (Wildman–Crippen MR) is 84.5 cm³/mol. The smallest absolute Gasteiger partial charge is 0.422 e. The van der Waals surface area contributed by atoms with Crippen LogP contribution in [0.3, 0.4) is 0 Å². The van der Waals surface area contributed by atoms with E-state index in [1.54, 1.807) is 26.0 Å². The molecule has 0 radical (unpaired) electrons. The number of benzene rings is 2. The lowest BCUT2D eigenvalue weighted by Gasteiger charge is -2.20. The van der Waals surface area contributed by atoms with E-state index in [0.717, 1.165) is 0 Å². The van der Waals surface area contributed by atoms with Crippen molar-refractivity contribution in [2.75, 3.05) is 13.2 Å². The summed E-state index contributed by atoms with van der Waals surface area (Å²) in [6.45, 7) is 0.258. The first-order valence-electron chi connectivity index (χ1n) is 7.56. The van der Waals surface area contributed by atoms with E-state index in [2.05, 4.69) is 0 Å². The second-order valence-corrected chi connectivity index (χ2v) is 5.70. The molecular weight excluding hydrogens is 362 g/mol. The van der Waals surface area contributed by atoms with E-state index in [0.29, 0.717) is 11.1 Å². The lowest BCUT2D eigenvalue weighted by Crippen LogP contribution is -2.20. The van der Waals surface area contributed by atoms with Crippen molar-refractivity contribution in [3.63, 3.8) is 0 Å². The van der Waals surface area contributed by atoms with Crippen LogP contribution >= 0.6 is 0 Å². The van der Waals surface area contributed by atoms with Crippen molar-refractivity contribution >= 4 is 0 Å². The Morgan fingerprint density at radius 2 is 1.00 bits per heavy atom. The van der Waals surface area contributed by atoms with Gasteiger partial charge < -0.3 is 9.47 Å². The molecule has 2 aromatic rings. The van der Waals surface area contributed by atoms with Gasteiger partial charge in [0.2, 0.25) is 0 Å². The van der Waals surface area contributed by atoms with Crippen LogP contribution in [0.5, 0.6) is 11.5 Å². The molecule has 8 heteroatoms. The SMILES string of the molecule is Cc1cccc(OCC(F)(F)F)c1-c1c(C)cccc1OCC(F)(F)F. The normalized spacial score (nSPS) is 12.2. The summed E-state index contributed by atoms with van der Waals surface area (Å²) in [5.41, 5.74) is 1.64. The molecule has 0 aliphatic rings. The van der Waals surface area contributed by atoms with Gasteiger partial charge in [-0.3, -0.25) is 0 Å². The van der Waals surface area contributed by atoms with Crippen molar-refractivity contribution in [1.29, 1.82) is 0 Å². The summed E-state index contributed by atoms with van der Waals surface area (Å²) in [6, 6.07) is 8.98. The molecule has 0 N–H and O–H groups in total. The van der Waals surface area contributed by atoms with Crippen LogP contribution in [0.1, 0.15) is 11.1 Å². The third-order valence-corrected chi connectivity index (χ3v) is 3.50. The molecule has 0 spiro atoms. The van der Waals surface area contributed by atoms with Crippen LogP contribution in [0.15, 0.2) is 36.4 Å². The Labute approximate surface area is 146 Å². The maximum atomic E-state index is 12.5. The van der Waals surface area contributed by atoms with Crippen LogP contribution in [0.25, 0.3) is 11.1 Å². The maximum Gasteiger partial charge on any atom is 0.422 e. The molecule has 26 heavy (non-hydrogen) atoms. The fraction of sp³-hybridized carbons (Fsp3) is 0.333. The summed E-state index contributed by atoms with van der Waals surface area (Å²) in [6.07, 6.45) is -9.08. The van der Waals surface area contributed by atoms with Gasteiger partial charge in [0.25, 0.3) is 0 Å². The van der Waals surface area contributed by atoms with Crippen molar-refractivity contribution in [2.24, 2.45) is 0 Å². The molecule has 0 unspecified atom stereocenters. The Morgan fingerprint density at radius 3 is 1.31 bits per heavy atom. The summed E-state index contributed by atoms with van der Waals surface area (Å²) in [7, 11) is 0. The van der Waals surface area contributed by atoms with Gasteiger partial charge in [0.1, 0.15) is 11.5 Å². The molecule has 2 nitrogen and oxygen atoms in total. The van der Waals surface area contributed by atoms with E-state index in [4.69, 9.17) is 9.47 Å². The highest BCUT2D eigenvalue weighted by Crippen LogP contribution is 2.41. The summed E-state index contributed by atoms with van der Waals surface area (Å²) in [5, 5.41) is 0. The van der Waals surface area contributed by atoms with Gasteiger partial charge in [-0.25, -0.2) is 0 Å². The third-order valence-electron chi connectivity index (χ3n) is 3.50. The summed E-state index contributed by atoms with van der Waals surface area (Å²) in [5.74, 6) is -0.151. The van der Waals surface area contributed by atoms with Crippen LogP contribution in [-0.2, 0) is 0 Å². The van der Waals surface area contributed by atoms with Crippen LogP contribution in [-0.4, -0.2) is 25.6 Å². The first kappa shape index (κ1) is 19.9. The minimum atomic E-state index is -4.54. The lowest BCUT2D eigenvalue weighted by atomic mass is 9.94. The van der Waals surface area contributed by atoms with Crippen molar-refractivity contribution in [1.82, 2.24) is 0 Å². The number of alkyl halides is 6. The van der Waals surface area contributed by atoms with Gasteiger partial charge in [0.15, 0.2) is 13.2 Å². The molecule has 0 atom stereocenters. The summed E-state index contributed by atoms with van der Waals surface area (Å²) >= 11 is 0. The van der Waals surface area contributed by atoms with Crippen LogP contribution < -0.4 is 9.47 Å². The number of hydrogen-bond acceptors (Lipinski definition) is 2. The fourth-order valence-corrected chi connectivity index (χ4v) is 2.48. The maximum absolute atomic E-state index is 12.5. The summed E-state index contributed by atoms with van der Waals surface area (Å²) < 4.78 is 84.8. The number of hydrogen-bond donors (Lipinski definition) is 0. The second-order valence-electron chi connectivity index (χ2n) is 5.70. The van der Waals surface area contributed by atoms with Crippen LogP contribution in [0.2, 0.25) is 0 Å². The number of rotatable bonds is 5. The average Bonchev–Trinajstić information content (AvgIpc) is 2.50. The Kier molecular flexibility index (Phi) is 5.73. The van der Waals surface area contributed by atoms with E-state index in [-0.39, 0.29) is 22.6 Å². The monoisotopic (exact) mass is 378 g/mol. The van der Waals surface area contributed by atoms with Gasteiger partial charge >= 0.3 is 12.4 Å². The molecule has 0 saturated heterocycles. The predicted octanol–water partition coefficient (Wildman–Crippen LogP) is 5.85. The van der Waals surface area contributed by atoms with Gasteiger partial charge in [-0.2, -0.15) is 26.3 Å². The second kappa shape index (κ2) is 7.47. The quantitative estimate of drug-likeness (QED) is 0.608. The zero-order chi connectivity index (χ0) is 19.5. The molecule has 0 fully saturated rings. The van der Waals surface area contributed by atoms with Crippen LogP contribution in [0, 0.1) is 13.8 Å². The highest BCUT2D eigenvalue weighted by molar-refractivity contribution is 5.81. The third kappa shape index (κ3) is 5.31. The van der Waals surface area contributed by atoms with E-state index in [1.807, 2.05) is 0 Å². The zero-order valence-electron chi connectivity index (χ0n) is 14.0. The first-order chi connectivity index (χ1) is 12.0. The Morgan fingerprint density at radius 1 is 0.654 bits per heavy atom. The molecule has 0 bridgehead atoms. The van der Waals surface area contributed by atoms with Crippen molar-refractivity contribution in [3.05, 3.63) is 47.5 Å². The standard InChI is InChI=1S/C18H16F6O2/c1-11-5-3-7-13(25-9-17(19,20)21)15(11)16-12(2)6-4-8-14(16)26-10-18(22,23)24/h3-8H,9-10H2,1-2H3. The Hall–Kier alpha value is -2.38. The Bertz CT molecular complexity index is 700. The van der Waals surface area contributed by atoms with Crippen molar-refractivity contribution in [2.45, 2.75) is 26.2 Å². The molecule has 142 valence electrons. The number of ether oxygens (including phenoxy) is 2. The van der Waals surface area contributed by atoms with Gasteiger partial charge in [0.05, 0.1) is 0 Å². The van der Waals surface area contributed by atoms with E-state index in [9.17, 15) is 26.3 Å². The molecule has 2 aromatic carbocycles. The van der Waals surface area contributed by atoms with Gasteiger partial charge in [-0.1, -0.05) is 24.3 Å². The molecule has 0 aliphatic heterocycles. The highest BCUT2D eigenvalue weighted by atomic mass is 19.4. The van der Waals surface area contributed by atoms with E-state index < -0.39 is 25.6 Å². The van der Waals surface area contributed by atoms with Gasteiger partial charge in [0, 0.05) is 11.1 Å². The molecule has 0 aliphatic carbocycles. The molecule has 0 aromatic heterocycles. The molecule has 2 rings (SSSR count). The average molecular weight is 378 g/mol. The van der Waals surface area contributed by atoms with Gasteiger partial charge in [-0.05, 0) is 37.1 Å². The topological polar surface area (TPSA) is 18.5 Å². The lowest BCUT2D eigenvalue weighted by molar-refractivity contribution is -0.154. The minimum Gasteiger partial charge on any atom is -0.483 e. The zero-order valence-corrected chi connectivity index (χ0v) is 14.0. The number of halogens is 6. The summed E-state index contributed by atoms with van der Waals surface area (Å²) in [4.78, 5) is 0. The first-order valence-corrected chi connectivity index (χ1v) is 7.56. The molecule has 0 heterocycles. The van der Waals surface area contributed by atoms with Crippen molar-refractivity contribution < 1.29 is 35.8 Å². The molecule has 0 amide bonds. The van der Waals surface area contributed by atoms with Crippen LogP contribution in [0.4, 0.5) is 26.3 Å². The molecular formula is C18H16F6O2. The largest absolute Gasteiger partial charge is 0.483 e. The number of aryl methyl sites for hydroxylation is 2. The van der Waals surface area contributed by atoms with E-state index in [1.165, 1.54) is 24.3 Å². The fourth-order valence-electron chi connectivity index (χ4n) is 2.48. The highest BCUT2D eigenvalue weighted by Gasteiger charge is 2.31.